The average Bonchev–Trinajstić information content (AvgIpc) is 2.96. The van der Waals surface area contributed by atoms with Crippen molar-refractivity contribution in [3.8, 4) is 17.1 Å². The van der Waals surface area contributed by atoms with E-state index in [1.807, 2.05) is 0 Å². The third-order valence-electron chi connectivity index (χ3n) is 3.24. The maximum absolute atomic E-state index is 12.3. The molecule has 3 rings (SSSR count). The quantitative estimate of drug-likeness (QED) is 0.737. The lowest BCUT2D eigenvalue weighted by Gasteiger charge is -2.09. The summed E-state index contributed by atoms with van der Waals surface area (Å²) in [6.07, 6.45) is -4.76. The first-order chi connectivity index (χ1) is 11.4. The second-order valence-corrected chi connectivity index (χ2v) is 4.88. The van der Waals surface area contributed by atoms with E-state index in [2.05, 4.69) is 19.4 Å². The first-order valence-electron chi connectivity index (χ1n) is 6.80. The smallest absolute Gasteiger partial charge is 0.465 e. The Morgan fingerprint density at radius 1 is 1.17 bits per heavy atom. The summed E-state index contributed by atoms with van der Waals surface area (Å²) in [6, 6.07) is 10.2. The standard InChI is InChI=1S/C16H11F3N2O3/c1-23-15(22)10-5-6-12-13(8-10)21-14(20-12)9-3-2-4-11(7-9)24-16(17,18)19/h2-8H,1H3,(H,20,21). The van der Waals surface area contributed by atoms with Crippen molar-refractivity contribution in [3.05, 3.63) is 48.0 Å². The van der Waals surface area contributed by atoms with Crippen LogP contribution in [0.3, 0.4) is 0 Å². The van der Waals surface area contributed by atoms with E-state index in [9.17, 15) is 18.0 Å². The molecule has 0 aliphatic rings. The molecule has 0 unspecified atom stereocenters. The van der Waals surface area contributed by atoms with Crippen molar-refractivity contribution in [1.82, 2.24) is 9.97 Å². The summed E-state index contributed by atoms with van der Waals surface area (Å²) in [4.78, 5) is 18.8. The molecule has 0 aliphatic heterocycles. The lowest BCUT2D eigenvalue weighted by atomic mass is 10.2. The van der Waals surface area contributed by atoms with Gasteiger partial charge in [-0.1, -0.05) is 12.1 Å². The Bertz CT molecular complexity index is 903. The van der Waals surface area contributed by atoms with Crippen LogP contribution in [0.1, 0.15) is 10.4 Å². The molecule has 1 heterocycles. The van der Waals surface area contributed by atoms with Crippen LogP contribution in [0.25, 0.3) is 22.4 Å². The van der Waals surface area contributed by atoms with Crippen LogP contribution in [0, 0.1) is 0 Å². The number of hydrogen-bond donors (Lipinski definition) is 1. The molecule has 0 radical (unpaired) electrons. The van der Waals surface area contributed by atoms with Gasteiger partial charge in [0, 0.05) is 5.56 Å². The maximum Gasteiger partial charge on any atom is 0.573 e. The van der Waals surface area contributed by atoms with Gasteiger partial charge in [0.15, 0.2) is 0 Å². The monoisotopic (exact) mass is 336 g/mol. The minimum atomic E-state index is -4.76. The van der Waals surface area contributed by atoms with E-state index in [1.165, 1.54) is 25.3 Å². The molecular formula is C16H11F3N2O3. The second kappa shape index (κ2) is 5.88. The Balaban J connectivity index is 1.97. The molecule has 5 nitrogen and oxygen atoms in total. The van der Waals surface area contributed by atoms with Gasteiger partial charge in [0.2, 0.25) is 0 Å². The third-order valence-corrected chi connectivity index (χ3v) is 3.24. The van der Waals surface area contributed by atoms with Crippen molar-refractivity contribution in [2.24, 2.45) is 0 Å². The number of nitrogens with one attached hydrogen (secondary N) is 1. The number of hydrogen-bond acceptors (Lipinski definition) is 4. The van der Waals surface area contributed by atoms with E-state index in [0.29, 0.717) is 28.0 Å². The summed E-state index contributed by atoms with van der Waals surface area (Å²) in [6.45, 7) is 0. The fourth-order valence-electron chi connectivity index (χ4n) is 2.23. The van der Waals surface area contributed by atoms with Gasteiger partial charge in [-0.15, -0.1) is 13.2 Å². The summed E-state index contributed by atoms with van der Waals surface area (Å²) >= 11 is 0. The minimum absolute atomic E-state index is 0.337. The van der Waals surface area contributed by atoms with E-state index in [-0.39, 0.29) is 5.75 Å². The highest BCUT2D eigenvalue weighted by atomic mass is 19.4. The second-order valence-electron chi connectivity index (χ2n) is 4.88. The third kappa shape index (κ3) is 3.32. The van der Waals surface area contributed by atoms with Gasteiger partial charge in [-0.3, -0.25) is 0 Å². The highest BCUT2D eigenvalue weighted by Crippen LogP contribution is 2.28. The number of aromatic amines is 1. The van der Waals surface area contributed by atoms with E-state index in [4.69, 9.17) is 0 Å². The predicted octanol–water partition coefficient (Wildman–Crippen LogP) is 3.92. The SMILES string of the molecule is COC(=O)c1ccc2nc(-c3cccc(OC(F)(F)F)c3)[nH]c2c1. The Labute approximate surface area is 134 Å². The molecule has 0 saturated heterocycles. The zero-order chi connectivity index (χ0) is 17.3. The molecule has 0 fully saturated rings. The highest BCUT2D eigenvalue weighted by molar-refractivity contribution is 5.94. The summed E-state index contributed by atoms with van der Waals surface area (Å²) in [5, 5.41) is 0. The molecule has 0 aliphatic carbocycles. The Kier molecular flexibility index (Phi) is 3.88. The van der Waals surface area contributed by atoms with Crippen LogP contribution in [0.2, 0.25) is 0 Å². The Morgan fingerprint density at radius 3 is 2.67 bits per heavy atom. The number of rotatable bonds is 3. The molecule has 0 bridgehead atoms. The number of halogens is 3. The van der Waals surface area contributed by atoms with E-state index >= 15 is 0 Å². The molecule has 3 aromatic rings. The molecule has 0 atom stereocenters. The fraction of sp³-hybridized carbons (Fsp3) is 0.125. The van der Waals surface area contributed by atoms with Crippen molar-refractivity contribution in [2.75, 3.05) is 7.11 Å². The molecule has 0 saturated carbocycles. The number of ether oxygens (including phenoxy) is 2. The van der Waals surface area contributed by atoms with Gasteiger partial charge in [-0.05, 0) is 30.3 Å². The van der Waals surface area contributed by atoms with E-state index in [0.717, 1.165) is 0 Å². The fourth-order valence-corrected chi connectivity index (χ4v) is 2.23. The molecular weight excluding hydrogens is 325 g/mol. The molecule has 0 amide bonds. The lowest BCUT2D eigenvalue weighted by Crippen LogP contribution is -2.17. The zero-order valence-corrected chi connectivity index (χ0v) is 12.3. The van der Waals surface area contributed by atoms with E-state index in [1.54, 1.807) is 24.3 Å². The summed E-state index contributed by atoms with van der Waals surface area (Å²) in [5.41, 5.74) is 1.90. The van der Waals surface area contributed by atoms with Crippen LogP contribution in [0.15, 0.2) is 42.5 Å². The number of methoxy groups -OCH3 is 1. The summed E-state index contributed by atoms with van der Waals surface area (Å²) in [5.74, 6) is -0.469. The number of carbonyl (C=O) groups is 1. The predicted molar refractivity (Wildman–Crippen MR) is 79.6 cm³/mol. The Hall–Kier alpha value is -3.03. The van der Waals surface area contributed by atoms with Gasteiger partial charge in [0.05, 0.1) is 23.7 Å². The first-order valence-corrected chi connectivity index (χ1v) is 6.80. The van der Waals surface area contributed by atoms with Crippen LogP contribution < -0.4 is 4.74 Å². The number of aromatic nitrogens is 2. The zero-order valence-electron chi connectivity index (χ0n) is 12.3. The molecule has 1 N–H and O–H groups in total. The number of imidazole rings is 1. The van der Waals surface area contributed by atoms with Gasteiger partial charge >= 0.3 is 12.3 Å². The lowest BCUT2D eigenvalue weighted by molar-refractivity contribution is -0.274. The molecule has 8 heteroatoms. The van der Waals surface area contributed by atoms with Crippen LogP contribution >= 0.6 is 0 Å². The van der Waals surface area contributed by atoms with Crippen LogP contribution in [-0.4, -0.2) is 29.4 Å². The number of carbonyl (C=O) groups excluding carboxylic acids is 1. The maximum atomic E-state index is 12.3. The molecule has 24 heavy (non-hydrogen) atoms. The molecule has 0 spiro atoms. The first kappa shape index (κ1) is 15.9. The Morgan fingerprint density at radius 2 is 1.96 bits per heavy atom. The van der Waals surface area contributed by atoms with Crippen LogP contribution in [0.5, 0.6) is 5.75 Å². The van der Waals surface area contributed by atoms with Gasteiger partial charge in [0.1, 0.15) is 11.6 Å². The number of H-pyrrole nitrogens is 1. The van der Waals surface area contributed by atoms with Crippen LogP contribution in [0.4, 0.5) is 13.2 Å². The number of benzene rings is 2. The van der Waals surface area contributed by atoms with Crippen molar-refractivity contribution >= 4 is 17.0 Å². The number of alkyl halides is 3. The van der Waals surface area contributed by atoms with Gasteiger partial charge < -0.3 is 14.5 Å². The van der Waals surface area contributed by atoms with Crippen molar-refractivity contribution in [3.63, 3.8) is 0 Å². The van der Waals surface area contributed by atoms with Crippen molar-refractivity contribution in [1.29, 1.82) is 0 Å². The summed E-state index contributed by atoms with van der Waals surface area (Å²) in [7, 11) is 1.27. The van der Waals surface area contributed by atoms with Crippen molar-refractivity contribution < 1.29 is 27.4 Å². The number of nitrogens with zero attached hydrogens (tertiary/aromatic N) is 1. The van der Waals surface area contributed by atoms with Crippen molar-refractivity contribution in [2.45, 2.75) is 6.36 Å². The van der Waals surface area contributed by atoms with Gasteiger partial charge in [-0.2, -0.15) is 0 Å². The molecule has 124 valence electrons. The highest BCUT2D eigenvalue weighted by Gasteiger charge is 2.31. The largest absolute Gasteiger partial charge is 0.573 e. The topological polar surface area (TPSA) is 64.2 Å². The summed E-state index contributed by atoms with van der Waals surface area (Å²) < 4.78 is 45.5. The van der Waals surface area contributed by atoms with Gasteiger partial charge in [0.25, 0.3) is 0 Å². The van der Waals surface area contributed by atoms with E-state index < -0.39 is 12.3 Å². The average molecular weight is 336 g/mol. The number of fused-ring (bicyclic) bond motifs is 1. The van der Waals surface area contributed by atoms with Crippen LogP contribution in [-0.2, 0) is 4.74 Å². The minimum Gasteiger partial charge on any atom is -0.465 e. The molecule has 1 aromatic heterocycles. The number of esters is 1. The molecule has 2 aromatic carbocycles. The normalized spacial score (nSPS) is 11.5. The van der Waals surface area contributed by atoms with Gasteiger partial charge in [-0.25, -0.2) is 9.78 Å².